The third kappa shape index (κ3) is 4.84. The second-order valence-corrected chi connectivity index (χ2v) is 6.55. The van der Waals surface area contributed by atoms with Crippen LogP contribution in [0.1, 0.15) is 42.4 Å². The van der Waals surface area contributed by atoms with Crippen LogP contribution >= 0.6 is 0 Å². The van der Waals surface area contributed by atoms with E-state index < -0.39 is 12.0 Å². The van der Waals surface area contributed by atoms with Gasteiger partial charge in [-0.05, 0) is 43.5 Å². The standard InChI is InChI=1S/C18H22N6O4/c1-2-3-14-16(17(26)21-12-4-5-12)22-23-24(14)13-8-6-11(7-9-13)20-15(25)10-19-18(27)28/h6-9,12,19H,2-5,10H2,1H3,(H,20,25)(H,21,26)(H,27,28). The van der Waals surface area contributed by atoms with E-state index in [-0.39, 0.29) is 18.5 Å². The molecule has 10 nitrogen and oxygen atoms in total. The van der Waals surface area contributed by atoms with Gasteiger partial charge in [0, 0.05) is 11.7 Å². The molecular weight excluding hydrogens is 364 g/mol. The molecule has 1 aliphatic carbocycles. The molecule has 3 amide bonds. The Morgan fingerprint density at radius 1 is 1.21 bits per heavy atom. The Morgan fingerprint density at radius 3 is 2.54 bits per heavy atom. The first-order valence-corrected chi connectivity index (χ1v) is 9.10. The van der Waals surface area contributed by atoms with Gasteiger partial charge in [-0.15, -0.1) is 5.10 Å². The van der Waals surface area contributed by atoms with E-state index in [1.165, 1.54) is 0 Å². The Hall–Kier alpha value is -3.43. The number of hydrogen-bond acceptors (Lipinski definition) is 5. The summed E-state index contributed by atoms with van der Waals surface area (Å²) >= 11 is 0. The number of aromatic nitrogens is 3. The van der Waals surface area contributed by atoms with Crippen LogP contribution in [0.3, 0.4) is 0 Å². The smallest absolute Gasteiger partial charge is 0.405 e. The molecule has 1 fully saturated rings. The average molecular weight is 386 g/mol. The molecule has 148 valence electrons. The first-order chi connectivity index (χ1) is 13.5. The Kier molecular flexibility index (Phi) is 5.87. The predicted molar refractivity (Wildman–Crippen MR) is 100 cm³/mol. The third-order valence-electron chi connectivity index (χ3n) is 4.17. The molecule has 1 aromatic heterocycles. The lowest BCUT2D eigenvalue weighted by Crippen LogP contribution is -2.31. The average Bonchev–Trinajstić information content (AvgIpc) is 3.38. The number of nitrogens with one attached hydrogen (secondary N) is 3. The van der Waals surface area contributed by atoms with Crippen molar-refractivity contribution in [3.05, 3.63) is 35.7 Å². The highest BCUT2D eigenvalue weighted by Crippen LogP contribution is 2.21. The maximum atomic E-state index is 12.4. The van der Waals surface area contributed by atoms with Crippen LogP contribution in [0.4, 0.5) is 10.5 Å². The zero-order chi connectivity index (χ0) is 20.1. The molecule has 1 heterocycles. The molecule has 28 heavy (non-hydrogen) atoms. The third-order valence-corrected chi connectivity index (χ3v) is 4.17. The van der Waals surface area contributed by atoms with Gasteiger partial charge in [-0.3, -0.25) is 9.59 Å². The molecule has 10 heteroatoms. The van der Waals surface area contributed by atoms with Crippen molar-refractivity contribution in [3.63, 3.8) is 0 Å². The second-order valence-electron chi connectivity index (χ2n) is 6.55. The Balaban J connectivity index is 1.73. The van der Waals surface area contributed by atoms with Crippen LogP contribution in [0.5, 0.6) is 0 Å². The van der Waals surface area contributed by atoms with Crippen LogP contribution < -0.4 is 16.0 Å². The molecular formula is C18H22N6O4. The molecule has 4 N–H and O–H groups in total. The van der Waals surface area contributed by atoms with Crippen molar-refractivity contribution in [1.29, 1.82) is 0 Å². The summed E-state index contributed by atoms with van der Waals surface area (Å²) in [5.74, 6) is -0.673. The number of amides is 3. The van der Waals surface area contributed by atoms with Crippen molar-refractivity contribution in [3.8, 4) is 5.69 Å². The highest BCUT2D eigenvalue weighted by molar-refractivity contribution is 5.94. The predicted octanol–water partition coefficient (Wildman–Crippen LogP) is 1.32. The fourth-order valence-corrected chi connectivity index (χ4v) is 2.67. The van der Waals surface area contributed by atoms with Crippen LogP contribution in [0.2, 0.25) is 0 Å². The van der Waals surface area contributed by atoms with Crippen LogP contribution in [0.15, 0.2) is 24.3 Å². The minimum absolute atomic E-state index is 0.202. The van der Waals surface area contributed by atoms with Crippen molar-refractivity contribution in [2.24, 2.45) is 0 Å². The molecule has 3 rings (SSSR count). The van der Waals surface area contributed by atoms with E-state index in [1.807, 2.05) is 12.2 Å². The lowest BCUT2D eigenvalue weighted by atomic mass is 10.2. The number of benzene rings is 1. The lowest BCUT2D eigenvalue weighted by Gasteiger charge is -2.09. The molecule has 0 atom stereocenters. The largest absolute Gasteiger partial charge is 0.465 e. The molecule has 1 saturated carbocycles. The number of nitrogens with zero attached hydrogens (tertiary/aromatic N) is 3. The molecule has 0 bridgehead atoms. The Bertz CT molecular complexity index is 873. The molecule has 0 spiro atoms. The van der Waals surface area contributed by atoms with Crippen molar-refractivity contribution in [2.75, 3.05) is 11.9 Å². The quantitative estimate of drug-likeness (QED) is 0.540. The van der Waals surface area contributed by atoms with Gasteiger partial charge in [-0.25, -0.2) is 9.48 Å². The minimum atomic E-state index is -1.26. The summed E-state index contributed by atoms with van der Waals surface area (Å²) < 4.78 is 1.63. The summed E-state index contributed by atoms with van der Waals surface area (Å²) in [5, 5.41) is 24.3. The second kappa shape index (κ2) is 8.51. The number of carbonyl (C=O) groups excluding carboxylic acids is 2. The summed E-state index contributed by atoms with van der Waals surface area (Å²) in [4.78, 5) is 34.5. The molecule has 0 aliphatic heterocycles. The van der Waals surface area contributed by atoms with Gasteiger partial charge in [0.25, 0.3) is 5.91 Å². The Labute approximate surface area is 161 Å². The van der Waals surface area contributed by atoms with E-state index >= 15 is 0 Å². The summed E-state index contributed by atoms with van der Waals surface area (Å²) in [6.45, 7) is 1.68. The molecule has 0 saturated heterocycles. The molecule has 1 aliphatic rings. The first-order valence-electron chi connectivity index (χ1n) is 9.10. The van der Waals surface area contributed by atoms with Crippen molar-refractivity contribution in [2.45, 2.75) is 38.6 Å². The van der Waals surface area contributed by atoms with E-state index in [9.17, 15) is 14.4 Å². The van der Waals surface area contributed by atoms with Gasteiger partial charge in [0.2, 0.25) is 5.91 Å². The van der Waals surface area contributed by atoms with Gasteiger partial charge in [0.05, 0.1) is 11.4 Å². The van der Waals surface area contributed by atoms with E-state index in [0.717, 1.165) is 25.0 Å². The number of carboxylic acid groups (broad SMARTS) is 1. The summed E-state index contributed by atoms with van der Waals surface area (Å²) in [6.07, 6.45) is 2.22. The SMILES string of the molecule is CCCc1c(C(=O)NC2CC2)nnn1-c1ccc(NC(=O)CNC(=O)O)cc1. The van der Waals surface area contributed by atoms with Crippen LogP contribution in [0.25, 0.3) is 5.69 Å². The minimum Gasteiger partial charge on any atom is -0.465 e. The van der Waals surface area contributed by atoms with Crippen molar-refractivity contribution in [1.82, 2.24) is 25.6 Å². The zero-order valence-corrected chi connectivity index (χ0v) is 15.4. The maximum absolute atomic E-state index is 12.4. The zero-order valence-electron chi connectivity index (χ0n) is 15.4. The fourth-order valence-electron chi connectivity index (χ4n) is 2.67. The summed E-state index contributed by atoms with van der Waals surface area (Å²) in [5.41, 5.74) is 2.31. The lowest BCUT2D eigenvalue weighted by molar-refractivity contribution is -0.115. The van der Waals surface area contributed by atoms with Gasteiger partial charge in [0.15, 0.2) is 5.69 Å². The van der Waals surface area contributed by atoms with Gasteiger partial charge < -0.3 is 21.1 Å². The number of carbonyl (C=O) groups is 3. The summed E-state index contributed by atoms with van der Waals surface area (Å²) in [7, 11) is 0. The monoisotopic (exact) mass is 386 g/mol. The van der Waals surface area contributed by atoms with Crippen molar-refractivity contribution < 1.29 is 19.5 Å². The van der Waals surface area contributed by atoms with Gasteiger partial charge in [-0.2, -0.15) is 0 Å². The van der Waals surface area contributed by atoms with Crippen LogP contribution in [-0.4, -0.2) is 50.6 Å². The number of hydrogen-bond donors (Lipinski definition) is 4. The molecule has 0 radical (unpaired) electrons. The van der Waals surface area contributed by atoms with Gasteiger partial charge in [0.1, 0.15) is 6.54 Å². The number of anilines is 1. The highest BCUT2D eigenvalue weighted by atomic mass is 16.4. The van der Waals surface area contributed by atoms with E-state index in [2.05, 4.69) is 20.9 Å². The Morgan fingerprint density at radius 2 is 1.93 bits per heavy atom. The highest BCUT2D eigenvalue weighted by Gasteiger charge is 2.27. The topological polar surface area (TPSA) is 138 Å². The maximum Gasteiger partial charge on any atom is 0.405 e. The molecule has 1 aromatic carbocycles. The van der Waals surface area contributed by atoms with E-state index in [1.54, 1.807) is 28.9 Å². The first kappa shape index (κ1) is 19.3. The fraction of sp³-hybridized carbons (Fsp3) is 0.389. The van der Waals surface area contributed by atoms with Crippen LogP contribution in [0, 0.1) is 0 Å². The molecule has 0 unspecified atom stereocenters. The van der Waals surface area contributed by atoms with Crippen molar-refractivity contribution >= 4 is 23.6 Å². The molecule has 2 aromatic rings. The van der Waals surface area contributed by atoms with Gasteiger partial charge >= 0.3 is 6.09 Å². The normalized spacial score (nSPS) is 13.0. The number of rotatable bonds is 8. The summed E-state index contributed by atoms with van der Waals surface area (Å²) in [6, 6.07) is 7.09. The van der Waals surface area contributed by atoms with E-state index in [0.29, 0.717) is 23.5 Å². The van der Waals surface area contributed by atoms with Gasteiger partial charge in [-0.1, -0.05) is 18.6 Å². The van der Waals surface area contributed by atoms with Crippen LogP contribution in [-0.2, 0) is 11.2 Å². The van der Waals surface area contributed by atoms with E-state index in [4.69, 9.17) is 5.11 Å².